The SMILES string of the molecule is CC(=O)c1ccc2[nH]nc(C(N)=O)c2c1. The zero-order chi connectivity index (χ0) is 11.0. The minimum absolute atomic E-state index is 0.0616. The normalized spacial score (nSPS) is 10.5. The van der Waals surface area contributed by atoms with Crippen molar-refractivity contribution in [3.05, 3.63) is 29.5 Å². The molecule has 1 amide bonds. The molecule has 0 spiro atoms. The van der Waals surface area contributed by atoms with Crippen LogP contribution in [0.4, 0.5) is 0 Å². The number of hydrogen-bond acceptors (Lipinski definition) is 3. The lowest BCUT2D eigenvalue weighted by Gasteiger charge is -1.95. The van der Waals surface area contributed by atoms with Crippen LogP contribution in [0.2, 0.25) is 0 Å². The number of primary amides is 1. The van der Waals surface area contributed by atoms with Crippen LogP contribution in [0.15, 0.2) is 18.2 Å². The molecule has 76 valence electrons. The summed E-state index contributed by atoms with van der Waals surface area (Å²) in [5.74, 6) is -0.671. The van der Waals surface area contributed by atoms with Crippen LogP contribution in [0.5, 0.6) is 0 Å². The predicted molar refractivity (Wildman–Crippen MR) is 54.6 cm³/mol. The van der Waals surface area contributed by atoms with Crippen LogP contribution < -0.4 is 5.73 Å². The van der Waals surface area contributed by atoms with Crippen LogP contribution >= 0.6 is 0 Å². The standard InChI is InChI=1S/C10H9N3O2/c1-5(14)6-2-3-8-7(4-6)9(10(11)15)13-12-8/h2-4H,1H3,(H2,11,15)(H,12,13). The van der Waals surface area contributed by atoms with Gasteiger partial charge in [-0.2, -0.15) is 5.10 Å². The number of benzene rings is 1. The Bertz CT molecular complexity index is 557. The molecule has 0 radical (unpaired) electrons. The third-order valence-corrected chi connectivity index (χ3v) is 2.20. The first-order valence-corrected chi connectivity index (χ1v) is 4.38. The molecule has 0 aliphatic rings. The summed E-state index contributed by atoms with van der Waals surface area (Å²) in [4.78, 5) is 22.2. The molecule has 0 aliphatic heterocycles. The minimum atomic E-state index is -0.609. The molecule has 0 aliphatic carbocycles. The maximum absolute atomic E-state index is 11.1. The average Bonchev–Trinajstić information content (AvgIpc) is 2.59. The van der Waals surface area contributed by atoms with E-state index in [1.807, 2.05) is 0 Å². The number of aromatic nitrogens is 2. The first kappa shape index (κ1) is 9.39. The molecule has 0 bridgehead atoms. The van der Waals surface area contributed by atoms with Crippen molar-refractivity contribution in [2.75, 3.05) is 0 Å². The molecular weight excluding hydrogens is 194 g/mol. The number of nitrogens with zero attached hydrogens (tertiary/aromatic N) is 1. The molecular formula is C10H9N3O2. The van der Waals surface area contributed by atoms with Gasteiger partial charge in [-0.15, -0.1) is 0 Å². The number of amides is 1. The Balaban J connectivity index is 2.72. The lowest BCUT2D eigenvalue weighted by Crippen LogP contribution is -2.11. The second kappa shape index (κ2) is 3.20. The molecule has 0 saturated heterocycles. The van der Waals surface area contributed by atoms with Gasteiger partial charge in [-0.05, 0) is 25.1 Å². The van der Waals surface area contributed by atoms with Crippen molar-refractivity contribution in [3.63, 3.8) is 0 Å². The van der Waals surface area contributed by atoms with Crippen molar-refractivity contribution in [1.29, 1.82) is 0 Å². The maximum Gasteiger partial charge on any atom is 0.269 e. The molecule has 3 N–H and O–H groups in total. The van der Waals surface area contributed by atoms with Crippen molar-refractivity contribution < 1.29 is 9.59 Å². The highest BCUT2D eigenvalue weighted by Crippen LogP contribution is 2.17. The Labute approximate surface area is 85.3 Å². The van der Waals surface area contributed by atoms with Gasteiger partial charge in [0.25, 0.3) is 5.91 Å². The van der Waals surface area contributed by atoms with Gasteiger partial charge >= 0.3 is 0 Å². The monoisotopic (exact) mass is 203 g/mol. The summed E-state index contributed by atoms with van der Waals surface area (Å²) in [5, 5.41) is 7.04. The number of nitrogens with two attached hydrogens (primary N) is 1. The third-order valence-electron chi connectivity index (χ3n) is 2.20. The van der Waals surface area contributed by atoms with Crippen molar-refractivity contribution >= 4 is 22.6 Å². The molecule has 1 aromatic heterocycles. The van der Waals surface area contributed by atoms with E-state index < -0.39 is 5.91 Å². The minimum Gasteiger partial charge on any atom is -0.364 e. The number of ketones is 1. The Kier molecular flexibility index (Phi) is 2.00. The zero-order valence-electron chi connectivity index (χ0n) is 8.07. The Morgan fingerprint density at radius 3 is 2.73 bits per heavy atom. The van der Waals surface area contributed by atoms with E-state index in [9.17, 15) is 9.59 Å². The number of nitrogens with one attached hydrogen (secondary N) is 1. The molecule has 5 nitrogen and oxygen atoms in total. The van der Waals surface area contributed by atoms with E-state index in [1.54, 1.807) is 18.2 Å². The van der Waals surface area contributed by atoms with Crippen LogP contribution in [0, 0.1) is 0 Å². The maximum atomic E-state index is 11.1. The van der Waals surface area contributed by atoms with Crippen molar-refractivity contribution in [3.8, 4) is 0 Å². The fourth-order valence-electron chi connectivity index (χ4n) is 1.42. The summed E-state index contributed by atoms with van der Waals surface area (Å²) >= 11 is 0. The first-order valence-electron chi connectivity index (χ1n) is 4.38. The zero-order valence-corrected chi connectivity index (χ0v) is 8.07. The molecule has 15 heavy (non-hydrogen) atoms. The number of aromatic amines is 1. The Hall–Kier alpha value is -2.17. The number of carbonyl (C=O) groups excluding carboxylic acids is 2. The number of H-pyrrole nitrogens is 1. The van der Waals surface area contributed by atoms with Crippen molar-refractivity contribution in [2.24, 2.45) is 5.73 Å². The molecule has 1 heterocycles. The van der Waals surface area contributed by atoms with Gasteiger partial charge in [0.2, 0.25) is 0 Å². The highest BCUT2D eigenvalue weighted by Gasteiger charge is 2.11. The van der Waals surface area contributed by atoms with E-state index in [2.05, 4.69) is 10.2 Å². The van der Waals surface area contributed by atoms with E-state index in [0.29, 0.717) is 16.5 Å². The van der Waals surface area contributed by atoms with Crippen LogP contribution in [-0.4, -0.2) is 21.9 Å². The van der Waals surface area contributed by atoms with Crippen LogP contribution in [-0.2, 0) is 0 Å². The molecule has 0 fully saturated rings. The topological polar surface area (TPSA) is 88.8 Å². The highest BCUT2D eigenvalue weighted by molar-refractivity contribution is 6.06. The van der Waals surface area contributed by atoms with Gasteiger partial charge in [0.05, 0.1) is 5.52 Å². The molecule has 0 unspecified atom stereocenters. The van der Waals surface area contributed by atoms with Gasteiger partial charge < -0.3 is 5.73 Å². The van der Waals surface area contributed by atoms with Crippen LogP contribution in [0.3, 0.4) is 0 Å². The second-order valence-electron chi connectivity index (χ2n) is 3.25. The molecule has 2 rings (SSSR count). The molecule has 0 saturated carbocycles. The summed E-state index contributed by atoms with van der Waals surface area (Å²) in [6.07, 6.45) is 0. The van der Waals surface area contributed by atoms with Gasteiger partial charge in [0.1, 0.15) is 0 Å². The number of hydrogen-bond donors (Lipinski definition) is 2. The van der Waals surface area contributed by atoms with E-state index >= 15 is 0 Å². The summed E-state index contributed by atoms with van der Waals surface area (Å²) in [6.45, 7) is 1.46. The van der Waals surface area contributed by atoms with Crippen molar-refractivity contribution in [2.45, 2.75) is 6.92 Å². The predicted octanol–water partition coefficient (Wildman–Crippen LogP) is 0.864. The summed E-state index contributed by atoms with van der Waals surface area (Å²) in [6, 6.07) is 4.99. The summed E-state index contributed by atoms with van der Waals surface area (Å²) in [7, 11) is 0. The fourth-order valence-corrected chi connectivity index (χ4v) is 1.42. The molecule has 2 aromatic rings. The largest absolute Gasteiger partial charge is 0.364 e. The van der Waals surface area contributed by atoms with E-state index in [1.165, 1.54) is 6.92 Å². The molecule has 1 aromatic carbocycles. The van der Waals surface area contributed by atoms with Crippen molar-refractivity contribution in [1.82, 2.24) is 10.2 Å². The Morgan fingerprint density at radius 2 is 2.13 bits per heavy atom. The van der Waals surface area contributed by atoms with Gasteiger partial charge in [0, 0.05) is 10.9 Å². The first-order chi connectivity index (χ1) is 7.09. The van der Waals surface area contributed by atoms with E-state index in [-0.39, 0.29) is 11.5 Å². The van der Waals surface area contributed by atoms with Gasteiger partial charge in [-0.25, -0.2) is 0 Å². The van der Waals surface area contributed by atoms with Gasteiger partial charge in [-0.1, -0.05) is 0 Å². The van der Waals surface area contributed by atoms with Gasteiger partial charge in [0.15, 0.2) is 11.5 Å². The van der Waals surface area contributed by atoms with E-state index in [0.717, 1.165) is 0 Å². The number of fused-ring (bicyclic) bond motifs is 1. The number of rotatable bonds is 2. The Morgan fingerprint density at radius 1 is 1.40 bits per heavy atom. The van der Waals surface area contributed by atoms with Crippen LogP contribution in [0.1, 0.15) is 27.8 Å². The smallest absolute Gasteiger partial charge is 0.269 e. The average molecular weight is 203 g/mol. The number of Topliss-reactive ketones (excluding diaryl/α,β-unsaturated/α-hetero) is 1. The summed E-state index contributed by atoms with van der Waals surface area (Å²) in [5.41, 5.74) is 6.53. The fraction of sp³-hybridized carbons (Fsp3) is 0.100. The van der Waals surface area contributed by atoms with Gasteiger partial charge in [-0.3, -0.25) is 14.7 Å². The lowest BCUT2D eigenvalue weighted by atomic mass is 10.1. The highest BCUT2D eigenvalue weighted by atomic mass is 16.1. The van der Waals surface area contributed by atoms with E-state index in [4.69, 9.17) is 5.73 Å². The number of carbonyl (C=O) groups is 2. The second-order valence-corrected chi connectivity index (χ2v) is 3.25. The quantitative estimate of drug-likeness (QED) is 0.709. The van der Waals surface area contributed by atoms with Crippen LogP contribution in [0.25, 0.3) is 10.9 Å². The molecule has 0 atom stereocenters. The summed E-state index contributed by atoms with van der Waals surface area (Å²) < 4.78 is 0. The molecule has 5 heteroatoms. The lowest BCUT2D eigenvalue weighted by molar-refractivity contribution is 0.0992. The third kappa shape index (κ3) is 1.48.